The van der Waals surface area contributed by atoms with Crippen LogP contribution in [-0.4, -0.2) is 32.3 Å². The van der Waals surface area contributed by atoms with Gasteiger partial charge in [0.15, 0.2) is 0 Å². The van der Waals surface area contributed by atoms with Crippen LogP contribution < -0.4 is 4.90 Å². The molecule has 1 aromatic carbocycles. The molecule has 0 fully saturated rings. The van der Waals surface area contributed by atoms with Gasteiger partial charge in [0.05, 0.1) is 23.0 Å². The van der Waals surface area contributed by atoms with Gasteiger partial charge in [-0.2, -0.15) is 0 Å². The van der Waals surface area contributed by atoms with Crippen LogP contribution in [-0.2, 0) is 11.4 Å². The Hall–Kier alpha value is -2.03. The number of fused-ring (bicyclic) bond motifs is 1. The molecular weight excluding hydrogens is 418 g/mol. The normalized spacial score (nSPS) is 15.7. The first kappa shape index (κ1) is 18.8. The molecule has 0 spiro atoms. The molecule has 2 amide bonds. The monoisotopic (exact) mass is 433 g/mol. The predicted molar refractivity (Wildman–Crippen MR) is 105 cm³/mol. The highest BCUT2D eigenvalue weighted by molar-refractivity contribution is 9.10. The van der Waals surface area contributed by atoms with Crippen LogP contribution in [0.3, 0.4) is 0 Å². The molecule has 1 aromatic heterocycles. The highest BCUT2D eigenvalue weighted by Gasteiger charge is 2.36. The lowest BCUT2D eigenvalue weighted by atomic mass is 10.1. The summed E-state index contributed by atoms with van der Waals surface area (Å²) in [4.78, 5) is 30.4. The lowest BCUT2D eigenvalue weighted by Crippen LogP contribution is -2.29. The Bertz CT molecular complexity index is 889. The minimum absolute atomic E-state index is 0.358. The molecule has 1 aliphatic heterocycles. The predicted octanol–water partition coefficient (Wildman–Crippen LogP) is 3.53. The van der Waals surface area contributed by atoms with E-state index in [4.69, 9.17) is 0 Å². The Balaban J connectivity index is 1.89. The third-order valence-electron chi connectivity index (χ3n) is 3.70. The topological polar surface area (TPSA) is 85.7 Å². The van der Waals surface area contributed by atoms with Crippen molar-refractivity contribution in [3.8, 4) is 0 Å². The summed E-state index contributed by atoms with van der Waals surface area (Å²) >= 11 is 1.97. The van der Waals surface area contributed by atoms with Crippen LogP contribution in [0.4, 0.5) is 5.69 Å². The van der Waals surface area contributed by atoms with Crippen LogP contribution in [0.2, 0.25) is 0 Å². The van der Waals surface area contributed by atoms with E-state index >= 15 is 0 Å². The number of hydrogen-bond acceptors (Lipinski definition) is 5. The molecule has 134 valence electrons. The average molecular weight is 434 g/mol. The van der Waals surface area contributed by atoms with Crippen LogP contribution in [0.25, 0.3) is 0 Å². The van der Waals surface area contributed by atoms with Gasteiger partial charge in [-0.05, 0) is 54.9 Å². The van der Waals surface area contributed by atoms with Crippen molar-refractivity contribution in [1.29, 1.82) is 0 Å². The maximum atomic E-state index is 12.5. The van der Waals surface area contributed by atoms with Gasteiger partial charge in [-0.15, -0.1) is 0 Å². The lowest BCUT2D eigenvalue weighted by Gasteiger charge is -2.17. The Morgan fingerprint density at radius 1 is 1.19 bits per heavy atom. The summed E-state index contributed by atoms with van der Waals surface area (Å²) in [6.45, 7) is 5.48. The van der Waals surface area contributed by atoms with E-state index in [1.54, 1.807) is 30.3 Å². The summed E-state index contributed by atoms with van der Waals surface area (Å²) in [5.74, 6) is -0.760. The van der Waals surface area contributed by atoms with Gasteiger partial charge < -0.3 is 4.55 Å². The maximum absolute atomic E-state index is 12.5. The summed E-state index contributed by atoms with van der Waals surface area (Å²) < 4.78 is 16.1. The lowest BCUT2D eigenvalue weighted by molar-refractivity contribution is 0.0926. The summed E-state index contributed by atoms with van der Waals surface area (Å²) in [5.41, 5.74) is 1.57. The highest BCUT2D eigenvalue weighted by atomic mass is 79.9. The minimum atomic E-state index is -1.40. The van der Waals surface area contributed by atoms with E-state index < -0.39 is 16.1 Å². The molecule has 0 saturated carbocycles. The standard InChI is InChI=1S/C18H16BrN3O3S/c1-18(2,3)26(25)21-10-15-14(19)8-11(9-20-15)22-16(23)12-6-4-5-7-13(12)17(22)24/h4-10H,1-3H3/b21-10-/t26-/m0/s1. The molecule has 2 heterocycles. The van der Waals surface area contributed by atoms with Crippen LogP contribution in [0.1, 0.15) is 47.2 Å². The van der Waals surface area contributed by atoms with E-state index in [0.717, 1.165) is 4.90 Å². The number of nitrogens with zero attached hydrogens (tertiary/aromatic N) is 3. The molecule has 1 atom stereocenters. The molecule has 3 rings (SSSR count). The molecule has 6 nitrogen and oxygen atoms in total. The maximum Gasteiger partial charge on any atom is 0.266 e. The first-order chi connectivity index (χ1) is 12.2. The Morgan fingerprint density at radius 3 is 2.27 bits per heavy atom. The number of carbonyl (C=O) groups excluding carboxylic acids is 2. The number of amides is 2. The zero-order valence-corrected chi connectivity index (χ0v) is 16.8. The van der Waals surface area contributed by atoms with E-state index in [0.29, 0.717) is 27.0 Å². The molecule has 0 aliphatic carbocycles. The van der Waals surface area contributed by atoms with Gasteiger partial charge in [-0.3, -0.25) is 14.6 Å². The quantitative estimate of drug-likeness (QED) is 0.420. The summed E-state index contributed by atoms with van der Waals surface area (Å²) in [7, 11) is 0. The summed E-state index contributed by atoms with van der Waals surface area (Å²) in [5, 5.41) is 0. The van der Waals surface area contributed by atoms with E-state index in [-0.39, 0.29) is 11.8 Å². The van der Waals surface area contributed by atoms with Gasteiger partial charge in [0.25, 0.3) is 11.8 Å². The summed E-state index contributed by atoms with van der Waals surface area (Å²) in [6.07, 6.45) is 2.84. The minimum Gasteiger partial charge on any atom is -0.591 e. The number of pyridine rings is 1. The first-order valence-corrected chi connectivity index (χ1v) is 9.69. The number of halogens is 1. The van der Waals surface area contributed by atoms with Crippen LogP contribution in [0.15, 0.2) is 45.4 Å². The van der Waals surface area contributed by atoms with Crippen molar-refractivity contribution < 1.29 is 14.1 Å². The molecule has 0 radical (unpaired) electrons. The van der Waals surface area contributed by atoms with Crippen LogP contribution in [0.5, 0.6) is 0 Å². The van der Waals surface area contributed by atoms with Gasteiger partial charge >= 0.3 is 0 Å². The van der Waals surface area contributed by atoms with Gasteiger partial charge in [0.2, 0.25) is 0 Å². The van der Waals surface area contributed by atoms with Crippen molar-refractivity contribution >= 4 is 51.0 Å². The molecule has 26 heavy (non-hydrogen) atoms. The largest absolute Gasteiger partial charge is 0.591 e. The zero-order valence-electron chi connectivity index (χ0n) is 14.4. The summed E-state index contributed by atoms with van der Waals surface area (Å²) in [6, 6.07) is 8.31. The number of rotatable bonds is 3. The molecule has 0 N–H and O–H groups in total. The first-order valence-electron chi connectivity index (χ1n) is 7.79. The number of anilines is 1. The zero-order chi connectivity index (χ0) is 19.1. The second-order valence-electron chi connectivity index (χ2n) is 6.65. The van der Waals surface area contributed by atoms with Gasteiger partial charge in [-0.1, -0.05) is 16.5 Å². The van der Waals surface area contributed by atoms with Gasteiger partial charge in [0, 0.05) is 4.47 Å². The fraction of sp³-hybridized carbons (Fsp3) is 0.222. The third kappa shape index (κ3) is 3.44. The molecule has 0 bridgehead atoms. The van der Waals surface area contributed by atoms with E-state index in [9.17, 15) is 14.1 Å². The van der Waals surface area contributed by atoms with Gasteiger partial charge in [0.1, 0.15) is 28.0 Å². The molecule has 2 aromatic rings. The van der Waals surface area contributed by atoms with Crippen molar-refractivity contribution in [3.05, 3.63) is 57.8 Å². The van der Waals surface area contributed by atoms with E-state index in [1.165, 1.54) is 12.4 Å². The van der Waals surface area contributed by atoms with Crippen LogP contribution in [0, 0.1) is 0 Å². The van der Waals surface area contributed by atoms with Gasteiger partial charge in [-0.25, -0.2) is 4.90 Å². The second-order valence-corrected chi connectivity index (χ2v) is 9.44. The fourth-order valence-electron chi connectivity index (χ4n) is 2.34. The number of carbonyl (C=O) groups is 2. The van der Waals surface area contributed by atoms with E-state index in [1.807, 2.05) is 20.8 Å². The SMILES string of the molecule is CC(C)(C)[S@+]([O-])/N=C\c1ncc(N2C(=O)c3ccccc3C2=O)cc1Br. The number of aromatic nitrogens is 1. The Kier molecular flexibility index (Phi) is 5.01. The number of imide groups is 1. The van der Waals surface area contributed by atoms with E-state index in [2.05, 4.69) is 25.3 Å². The molecule has 1 aliphatic rings. The molecule has 0 unspecified atom stereocenters. The highest BCUT2D eigenvalue weighted by Crippen LogP contribution is 2.30. The van der Waals surface area contributed by atoms with Crippen molar-refractivity contribution in [1.82, 2.24) is 4.98 Å². The number of benzene rings is 1. The fourth-order valence-corrected chi connectivity index (χ4v) is 3.29. The van der Waals surface area contributed by atoms with Crippen molar-refractivity contribution in [2.45, 2.75) is 25.5 Å². The van der Waals surface area contributed by atoms with Crippen molar-refractivity contribution in [2.75, 3.05) is 4.90 Å². The second kappa shape index (κ2) is 6.94. The Morgan fingerprint density at radius 2 is 1.77 bits per heavy atom. The molecule has 0 saturated heterocycles. The molecular formula is C18H16BrN3O3S. The van der Waals surface area contributed by atoms with Crippen LogP contribution >= 0.6 is 15.9 Å². The molecule has 8 heteroatoms. The smallest absolute Gasteiger partial charge is 0.266 e. The number of hydrogen-bond donors (Lipinski definition) is 0. The van der Waals surface area contributed by atoms with Crippen molar-refractivity contribution in [3.63, 3.8) is 0 Å². The average Bonchev–Trinajstić information content (AvgIpc) is 2.84. The Labute approximate surface area is 162 Å². The third-order valence-corrected chi connectivity index (χ3v) is 5.68. The van der Waals surface area contributed by atoms with Crippen molar-refractivity contribution in [2.24, 2.45) is 4.40 Å².